The second-order valence-corrected chi connectivity index (χ2v) is 5.47. The maximum atomic E-state index is 6.31. The standard InChI is InChI=1S/C18H20N2O.C2H6/c1-12-4-6-14(7-5-12)11-20-17-9-8-15(21-3)10-16(17)13(2)18(20)19;1-2/h4-10H,11,19H2,1-3H3;1-2H3. The molecule has 0 saturated heterocycles. The Kier molecular flexibility index (Phi) is 5.32. The van der Waals surface area contributed by atoms with Crippen LogP contribution in [0.2, 0.25) is 0 Å². The molecule has 0 aliphatic heterocycles. The number of nitrogens with two attached hydrogens (primary N) is 1. The number of rotatable bonds is 3. The lowest BCUT2D eigenvalue weighted by Crippen LogP contribution is -2.04. The SMILES string of the molecule is CC.COc1ccc2c(c1)c(C)c(N)n2Cc1ccc(C)cc1. The molecule has 122 valence electrons. The van der Waals surface area contributed by atoms with E-state index in [0.717, 1.165) is 34.6 Å². The van der Waals surface area contributed by atoms with E-state index < -0.39 is 0 Å². The minimum Gasteiger partial charge on any atom is -0.497 e. The molecule has 0 aliphatic rings. The Balaban J connectivity index is 0.000000924. The van der Waals surface area contributed by atoms with Gasteiger partial charge in [-0.05, 0) is 43.2 Å². The molecule has 0 fully saturated rings. The van der Waals surface area contributed by atoms with Gasteiger partial charge in [-0.25, -0.2) is 0 Å². The summed E-state index contributed by atoms with van der Waals surface area (Å²) in [4.78, 5) is 0. The molecule has 0 bridgehead atoms. The molecule has 3 heteroatoms. The van der Waals surface area contributed by atoms with E-state index in [1.165, 1.54) is 11.1 Å². The van der Waals surface area contributed by atoms with Crippen LogP contribution in [0.3, 0.4) is 0 Å². The summed E-state index contributed by atoms with van der Waals surface area (Å²) in [6.07, 6.45) is 0. The Labute approximate surface area is 138 Å². The van der Waals surface area contributed by atoms with Crippen molar-refractivity contribution in [3.8, 4) is 5.75 Å². The molecule has 3 nitrogen and oxygen atoms in total. The van der Waals surface area contributed by atoms with E-state index in [-0.39, 0.29) is 0 Å². The Morgan fingerprint density at radius 1 is 1.00 bits per heavy atom. The highest BCUT2D eigenvalue weighted by atomic mass is 16.5. The van der Waals surface area contributed by atoms with Gasteiger partial charge < -0.3 is 15.0 Å². The van der Waals surface area contributed by atoms with Gasteiger partial charge >= 0.3 is 0 Å². The normalized spacial score (nSPS) is 10.3. The first-order valence-electron chi connectivity index (χ1n) is 8.08. The van der Waals surface area contributed by atoms with Crippen molar-refractivity contribution in [1.82, 2.24) is 4.57 Å². The van der Waals surface area contributed by atoms with Gasteiger partial charge in [0.05, 0.1) is 12.6 Å². The molecule has 2 aromatic carbocycles. The van der Waals surface area contributed by atoms with Crippen molar-refractivity contribution in [1.29, 1.82) is 0 Å². The summed E-state index contributed by atoms with van der Waals surface area (Å²) < 4.78 is 7.47. The highest BCUT2D eigenvalue weighted by Crippen LogP contribution is 2.31. The zero-order valence-corrected chi connectivity index (χ0v) is 14.7. The quantitative estimate of drug-likeness (QED) is 0.745. The van der Waals surface area contributed by atoms with Gasteiger partial charge in [-0.15, -0.1) is 0 Å². The molecule has 0 atom stereocenters. The molecule has 3 aromatic rings. The monoisotopic (exact) mass is 310 g/mol. The van der Waals surface area contributed by atoms with Gasteiger partial charge in [0, 0.05) is 11.9 Å². The molecule has 0 amide bonds. The maximum absolute atomic E-state index is 6.31. The molecule has 2 N–H and O–H groups in total. The molecule has 0 unspecified atom stereocenters. The van der Waals surface area contributed by atoms with Crippen molar-refractivity contribution in [2.75, 3.05) is 12.8 Å². The second kappa shape index (κ2) is 7.23. The van der Waals surface area contributed by atoms with Gasteiger partial charge in [0.1, 0.15) is 11.6 Å². The largest absolute Gasteiger partial charge is 0.497 e. The third-order valence-corrected chi connectivity index (χ3v) is 4.03. The number of fused-ring (bicyclic) bond motifs is 1. The molecule has 23 heavy (non-hydrogen) atoms. The van der Waals surface area contributed by atoms with Crippen molar-refractivity contribution >= 4 is 16.7 Å². The summed E-state index contributed by atoms with van der Waals surface area (Å²) in [7, 11) is 1.68. The average molecular weight is 310 g/mol. The molecule has 0 radical (unpaired) electrons. The molecular formula is C20H26N2O. The van der Waals surface area contributed by atoms with Crippen molar-refractivity contribution in [2.24, 2.45) is 0 Å². The highest BCUT2D eigenvalue weighted by Gasteiger charge is 2.12. The highest BCUT2D eigenvalue weighted by molar-refractivity contribution is 5.90. The smallest absolute Gasteiger partial charge is 0.119 e. The second-order valence-electron chi connectivity index (χ2n) is 5.47. The van der Waals surface area contributed by atoms with E-state index in [4.69, 9.17) is 10.5 Å². The number of nitrogens with zero attached hydrogens (tertiary/aromatic N) is 1. The number of anilines is 1. The Morgan fingerprint density at radius 2 is 1.65 bits per heavy atom. The number of hydrogen-bond donors (Lipinski definition) is 1. The zero-order chi connectivity index (χ0) is 17.0. The third-order valence-electron chi connectivity index (χ3n) is 4.03. The number of ether oxygens (including phenoxy) is 1. The van der Waals surface area contributed by atoms with Crippen LogP contribution in [0.25, 0.3) is 10.9 Å². The van der Waals surface area contributed by atoms with Crippen LogP contribution in [0.5, 0.6) is 5.75 Å². The average Bonchev–Trinajstić information content (AvgIpc) is 2.83. The first-order valence-corrected chi connectivity index (χ1v) is 8.08. The fourth-order valence-corrected chi connectivity index (χ4v) is 2.69. The Morgan fingerprint density at radius 3 is 2.26 bits per heavy atom. The summed E-state index contributed by atoms with van der Waals surface area (Å²) in [6.45, 7) is 8.94. The summed E-state index contributed by atoms with van der Waals surface area (Å²) >= 11 is 0. The minimum atomic E-state index is 0.781. The summed E-state index contributed by atoms with van der Waals surface area (Å²) in [5, 5.41) is 1.15. The van der Waals surface area contributed by atoms with E-state index in [0.29, 0.717) is 0 Å². The van der Waals surface area contributed by atoms with E-state index in [1.54, 1.807) is 7.11 Å². The van der Waals surface area contributed by atoms with Crippen LogP contribution in [0.1, 0.15) is 30.5 Å². The molecule has 0 spiro atoms. The fraction of sp³-hybridized carbons (Fsp3) is 0.300. The van der Waals surface area contributed by atoms with Crippen LogP contribution in [0.15, 0.2) is 42.5 Å². The summed E-state index contributed by atoms with van der Waals surface area (Å²) in [5.41, 5.74) is 11.1. The number of aryl methyl sites for hydroxylation is 2. The third kappa shape index (κ3) is 3.34. The first-order chi connectivity index (χ1) is 11.1. The van der Waals surface area contributed by atoms with Gasteiger partial charge in [0.2, 0.25) is 0 Å². The number of nitrogen functional groups attached to an aromatic ring is 1. The predicted octanol–water partition coefficient (Wildman–Crippen LogP) is 4.92. The molecule has 0 saturated carbocycles. The lowest BCUT2D eigenvalue weighted by Gasteiger charge is -2.09. The van der Waals surface area contributed by atoms with E-state index in [1.807, 2.05) is 26.0 Å². The van der Waals surface area contributed by atoms with E-state index in [2.05, 4.69) is 48.7 Å². The zero-order valence-electron chi connectivity index (χ0n) is 14.7. The number of methoxy groups -OCH3 is 1. The maximum Gasteiger partial charge on any atom is 0.119 e. The molecule has 0 aliphatic carbocycles. The lowest BCUT2D eigenvalue weighted by molar-refractivity contribution is 0.415. The van der Waals surface area contributed by atoms with Gasteiger partial charge in [-0.2, -0.15) is 0 Å². The molecule has 1 heterocycles. The van der Waals surface area contributed by atoms with Crippen LogP contribution in [0, 0.1) is 13.8 Å². The number of benzene rings is 2. The van der Waals surface area contributed by atoms with Crippen LogP contribution in [0.4, 0.5) is 5.82 Å². The van der Waals surface area contributed by atoms with Gasteiger partial charge in [0.15, 0.2) is 0 Å². The van der Waals surface area contributed by atoms with Gasteiger partial charge in [0.25, 0.3) is 0 Å². The number of aromatic nitrogens is 1. The van der Waals surface area contributed by atoms with Gasteiger partial charge in [-0.3, -0.25) is 0 Å². The van der Waals surface area contributed by atoms with Gasteiger partial charge in [-0.1, -0.05) is 43.7 Å². The minimum absolute atomic E-state index is 0.781. The molecule has 1 aromatic heterocycles. The number of hydrogen-bond acceptors (Lipinski definition) is 2. The first kappa shape index (κ1) is 16.9. The molecule has 3 rings (SSSR count). The van der Waals surface area contributed by atoms with Crippen molar-refractivity contribution in [3.05, 3.63) is 59.2 Å². The topological polar surface area (TPSA) is 40.2 Å². The Hall–Kier alpha value is -2.42. The summed E-state index contributed by atoms with van der Waals surface area (Å²) in [5.74, 6) is 1.68. The molecular weight excluding hydrogens is 284 g/mol. The van der Waals surface area contributed by atoms with Crippen LogP contribution in [-0.2, 0) is 6.54 Å². The van der Waals surface area contributed by atoms with E-state index in [9.17, 15) is 0 Å². The van der Waals surface area contributed by atoms with Crippen molar-refractivity contribution in [2.45, 2.75) is 34.2 Å². The van der Waals surface area contributed by atoms with Crippen LogP contribution >= 0.6 is 0 Å². The van der Waals surface area contributed by atoms with Crippen LogP contribution in [-0.4, -0.2) is 11.7 Å². The van der Waals surface area contributed by atoms with Crippen LogP contribution < -0.4 is 10.5 Å². The lowest BCUT2D eigenvalue weighted by atomic mass is 10.1. The predicted molar refractivity (Wildman–Crippen MR) is 99.3 cm³/mol. The Bertz CT molecular complexity index is 786. The van der Waals surface area contributed by atoms with Crippen molar-refractivity contribution < 1.29 is 4.74 Å². The summed E-state index contributed by atoms with van der Waals surface area (Å²) in [6, 6.07) is 14.7. The van der Waals surface area contributed by atoms with Crippen molar-refractivity contribution in [3.63, 3.8) is 0 Å². The van der Waals surface area contributed by atoms with E-state index >= 15 is 0 Å². The fourth-order valence-electron chi connectivity index (χ4n) is 2.69.